The number of nitrogens with zero attached hydrogens (tertiary/aromatic N) is 4. The number of nitrogens with two attached hydrogens (primary N) is 1. The fourth-order valence-corrected chi connectivity index (χ4v) is 5.08. The molecule has 1 saturated heterocycles. The van der Waals surface area contributed by atoms with Crippen molar-refractivity contribution in [1.82, 2.24) is 19.4 Å². The number of piperidine rings is 1. The molecule has 2 aromatic carbocycles. The molecule has 2 aromatic heterocycles. The molecule has 0 bridgehead atoms. The molecule has 200 valence electrons. The number of anilines is 1. The zero-order chi connectivity index (χ0) is 26.3. The second-order valence-corrected chi connectivity index (χ2v) is 9.76. The van der Waals surface area contributed by atoms with Crippen molar-refractivity contribution in [3.63, 3.8) is 0 Å². The van der Waals surface area contributed by atoms with E-state index in [4.69, 9.17) is 25.2 Å². The number of para-hydroxylation sites is 2. The third-order valence-electron chi connectivity index (χ3n) is 7.02. The van der Waals surface area contributed by atoms with Crippen LogP contribution in [0.4, 0.5) is 5.95 Å². The lowest BCUT2D eigenvalue weighted by Crippen LogP contribution is -2.41. The minimum Gasteiger partial charge on any atom is -0.487 e. The number of ether oxygens (including phenoxy) is 2. The van der Waals surface area contributed by atoms with E-state index in [1.807, 2.05) is 62.4 Å². The Morgan fingerprint density at radius 2 is 1.76 bits per heavy atom. The molecule has 3 heterocycles. The largest absolute Gasteiger partial charge is 0.487 e. The zero-order valence-electron chi connectivity index (χ0n) is 22.3. The van der Waals surface area contributed by atoms with Crippen LogP contribution in [0.25, 0.3) is 11.0 Å². The molecule has 5 rings (SSSR count). The number of hydrogen-bond acceptors (Lipinski definition) is 7. The summed E-state index contributed by atoms with van der Waals surface area (Å²) < 4.78 is 14.9. The number of hydrogen-bond donors (Lipinski definition) is 2. The van der Waals surface area contributed by atoms with E-state index in [0.29, 0.717) is 31.5 Å². The van der Waals surface area contributed by atoms with Crippen molar-refractivity contribution in [3.8, 4) is 5.75 Å². The van der Waals surface area contributed by atoms with Crippen molar-refractivity contribution >= 4 is 17.0 Å². The Kier molecular flexibility index (Phi) is 8.53. The summed E-state index contributed by atoms with van der Waals surface area (Å²) in [5, 5.41) is 3.75. The van der Waals surface area contributed by atoms with Gasteiger partial charge in [-0.05, 0) is 56.5 Å². The number of pyridine rings is 1. The van der Waals surface area contributed by atoms with Gasteiger partial charge in [0.2, 0.25) is 5.95 Å². The topological polar surface area (TPSA) is 90.5 Å². The molecule has 1 fully saturated rings. The van der Waals surface area contributed by atoms with E-state index < -0.39 is 6.23 Å². The molecule has 0 radical (unpaired) electrons. The van der Waals surface area contributed by atoms with Gasteiger partial charge in [0.05, 0.1) is 11.0 Å². The Morgan fingerprint density at radius 3 is 2.53 bits per heavy atom. The highest BCUT2D eigenvalue weighted by Crippen LogP contribution is 2.34. The van der Waals surface area contributed by atoms with Gasteiger partial charge in [-0.3, -0.25) is 4.57 Å². The minimum absolute atomic E-state index is 0.320. The molecule has 0 aliphatic carbocycles. The van der Waals surface area contributed by atoms with Crippen molar-refractivity contribution in [2.24, 2.45) is 5.73 Å². The van der Waals surface area contributed by atoms with E-state index in [9.17, 15) is 0 Å². The highest BCUT2D eigenvalue weighted by molar-refractivity contribution is 5.79. The SMILES string of the molecule is CCOC(c1nc(C)ccc1OCc1ccccc1)n1c(NC2CCN(CCN)CC2)nc2ccccc21. The number of rotatable bonds is 11. The number of nitrogens with one attached hydrogen (secondary N) is 1. The standard InChI is InChI=1S/C30H38N6O2/c1-3-37-29(28-27(14-13-22(2)32-28)38-21-23-9-5-4-6-10-23)36-26-12-8-7-11-25(26)34-30(36)33-24-15-18-35(19-16-24)20-17-31/h4-14,24,29H,3,15-21,31H2,1-2H3,(H,33,34). The predicted octanol–water partition coefficient (Wildman–Crippen LogP) is 4.74. The van der Waals surface area contributed by atoms with Gasteiger partial charge in [0.1, 0.15) is 18.1 Å². The first kappa shape index (κ1) is 26.2. The lowest BCUT2D eigenvalue weighted by molar-refractivity contribution is 0.0393. The molecule has 4 aromatic rings. The first-order valence-corrected chi connectivity index (χ1v) is 13.6. The highest BCUT2D eigenvalue weighted by Gasteiger charge is 2.28. The van der Waals surface area contributed by atoms with Gasteiger partial charge < -0.3 is 25.4 Å². The van der Waals surface area contributed by atoms with E-state index in [1.54, 1.807) is 0 Å². The molecule has 1 aliphatic heterocycles. The Morgan fingerprint density at radius 1 is 1.00 bits per heavy atom. The van der Waals surface area contributed by atoms with E-state index in [1.165, 1.54) is 0 Å². The molecule has 0 amide bonds. The summed E-state index contributed by atoms with van der Waals surface area (Å²) in [7, 11) is 0. The molecule has 8 heteroatoms. The van der Waals surface area contributed by atoms with Gasteiger partial charge in [-0.15, -0.1) is 0 Å². The van der Waals surface area contributed by atoms with Crippen molar-refractivity contribution < 1.29 is 9.47 Å². The molecule has 0 saturated carbocycles. The molecular formula is C30H38N6O2. The van der Waals surface area contributed by atoms with Crippen molar-refractivity contribution in [2.75, 3.05) is 38.1 Å². The Bertz CT molecular complexity index is 1320. The highest BCUT2D eigenvalue weighted by atomic mass is 16.5. The fraction of sp³-hybridized carbons (Fsp3) is 0.400. The number of fused-ring (bicyclic) bond motifs is 1. The van der Waals surface area contributed by atoms with Crippen LogP contribution in [0.3, 0.4) is 0 Å². The minimum atomic E-state index is -0.502. The third-order valence-corrected chi connectivity index (χ3v) is 7.02. The lowest BCUT2D eigenvalue weighted by Gasteiger charge is -2.32. The Balaban J connectivity index is 1.50. The molecule has 38 heavy (non-hydrogen) atoms. The molecular weight excluding hydrogens is 476 g/mol. The van der Waals surface area contributed by atoms with Gasteiger partial charge in [0.25, 0.3) is 0 Å². The maximum atomic E-state index is 6.43. The molecule has 1 aliphatic rings. The van der Waals surface area contributed by atoms with Crippen LogP contribution in [0.5, 0.6) is 5.75 Å². The second-order valence-electron chi connectivity index (χ2n) is 9.76. The lowest BCUT2D eigenvalue weighted by atomic mass is 10.1. The molecule has 8 nitrogen and oxygen atoms in total. The number of benzene rings is 2. The number of likely N-dealkylation sites (tertiary alicyclic amines) is 1. The van der Waals surface area contributed by atoms with Crippen LogP contribution in [0.15, 0.2) is 66.7 Å². The van der Waals surface area contributed by atoms with Crippen molar-refractivity contribution in [1.29, 1.82) is 0 Å². The zero-order valence-corrected chi connectivity index (χ0v) is 22.3. The number of aryl methyl sites for hydroxylation is 1. The summed E-state index contributed by atoms with van der Waals surface area (Å²) in [4.78, 5) is 12.4. The van der Waals surface area contributed by atoms with Crippen LogP contribution in [0, 0.1) is 6.92 Å². The smallest absolute Gasteiger partial charge is 0.206 e. The van der Waals surface area contributed by atoms with E-state index >= 15 is 0 Å². The Hall–Kier alpha value is -3.46. The maximum absolute atomic E-state index is 6.43. The van der Waals surface area contributed by atoms with Crippen LogP contribution >= 0.6 is 0 Å². The molecule has 1 unspecified atom stereocenters. The van der Waals surface area contributed by atoms with Crippen LogP contribution < -0.4 is 15.8 Å². The van der Waals surface area contributed by atoms with Gasteiger partial charge in [-0.25, -0.2) is 9.97 Å². The van der Waals surface area contributed by atoms with Crippen LogP contribution in [-0.2, 0) is 11.3 Å². The van der Waals surface area contributed by atoms with Crippen LogP contribution in [0.1, 0.15) is 42.9 Å². The summed E-state index contributed by atoms with van der Waals surface area (Å²) in [5.41, 5.74) is 10.4. The second kappa shape index (κ2) is 12.4. The van der Waals surface area contributed by atoms with Crippen LogP contribution in [0.2, 0.25) is 0 Å². The summed E-state index contributed by atoms with van der Waals surface area (Å²) in [5.74, 6) is 1.50. The van der Waals surface area contributed by atoms with Crippen molar-refractivity contribution in [3.05, 3.63) is 83.7 Å². The Labute approximate surface area is 224 Å². The average molecular weight is 515 g/mol. The fourth-order valence-electron chi connectivity index (χ4n) is 5.08. The molecule has 1 atom stereocenters. The summed E-state index contributed by atoms with van der Waals surface area (Å²) in [6.45, 7) is 8.67. The normalized spacial score (nSPS) is 15.6. The first-order chi connectivity index (χ1) is 18.7. The maximum Gasteiger partial charge on any atom is 0.206 e. The van der Waals surface area contributed by atoms with E-state index in [0.717, 1.165) is 66.4 Å². The average Bonchev–Trinajstić information content (AvgIpc) is 3.30. The quantitative estimate of drug-likeness (QED) is 0.299. The van der Waals surface area contributed by atoms with E-state index in [2.05, 4.69) is 33.0 Å². The first-order valence-electron chi connectivity index (χ1n) is 13.6. The molecule has 0 spiro atoms. The van der Waals surface area contributed by atoms with Crippen LogP contribution in [-0.4, -0.2) is 58.3 Å². The monoisotopic (exact) mass is 514 g/mol. The van der Waals surface area contributed by atoms with Gasteiger partial charge in [-0.1, -0.05) is 42.5 Å². The summed E-state index contributed by atoms with van der Waals surface area (Å²) in [6, 6.07) is 22.6. The summed E-state index contributed by atoms with van der Waals surface area (Å²) in [6.07, 6.45) is 1.57. The van der Waals surface area contributed by atoms with Gasteiger partial charge in [-0.2, -0.15) is 0 Å². The summed E-state index contributed by atoms with van der Waals surface area (Å²) >= 11 is 0. The van der Waals surface area contributed by atoms with Gasteiger partial charge >= 0.3 is 0 Å². The van der Waals surface area contributed by atoms with E-state index in [-0.39, 0.29) is 0 Å². The number of aromatic nitrogens is 3. The van der Waals surface area contributed by atoms with Gasteiger partial charge in [0.15, 0.2) is 6.23 Å². The third kappa shape index (κ3) is 5.99. The van der Waals surface area contributed by atoms with Gasteiger partial charge in [0, 0.05) is 44.5 Å². The number of imidazole rings is 1. The predicted molar refractivity (Wildman–Crippen MR) is 151 cm³/mol. The van der Waals surface area contributed by atoms with Crippen molar-refractivity contribution in [2.45, 2.75) is 45.6 Å². The molecule has 3 N–H and O–H groups in total.